The molecule has 2 rings (SSSR count). The first-order valence-electron chi connectivity index (χ1n) is 5.62. The molecule has 0 radical (unpaired) electrons. The van der Waals surface area contributed by atoms with Crippen LogP contribution in [0, 0.1) is 6.92 Å². The van der Waals surface area contributed by atoms with Crippen molar-refractivity contribution in [1.82, 2.24) is 9.97 Å². The van der Waals surface area contributed by atoms with Gasteiger partial charge in [0.2, 0.25) is 0 Å². The Labute approximate surface area is 129 Å². The number of aromatic nitrogens is 2. The average molecular weight is 372 g/mol. The maximum Gasteiger partial charge on any atom is 0.336 e. The molecule has 0 bridgehead atoms. The maximum absolute atomic E-state index is 12.3. The van der Waals surface area contributed by atoms with Crippen molar-refractivity contribution in [2.75, 3.05) is 4.72 Å². The molecule has 0 aliphatic heterocycles. The van der Waals surface area contributed by atoms with Gasteiger partial charge in [-0.1, -0.05) is 15.9 Å². The number of carboxylic acids is 1. The SMILES string of the molecule is Cc1c(Br)cc(S(=O)(=O)Nc2cncnc2)cc1C(=O)O. The molecule has 0 saturated heterocycles. The van der Waals surface area contributed by atoms with Crippen LogP contribution in [0.2, 0.25) is 0 Å². The highest BCUT2D eigenvalue weighted by Crippen LogP contribution is 2.26. The summed E-state index contributed by atoms with van der Waals surface area (Å²) in [7, 11) is -3.93. The number of hydrogen-bond acceptors (Lipinski definition) is 5. The van der Waals surface area contributed by atoms with E-state index in [0.29, 0.717) is 10.0 Å². The molecule has 1 aromatic carbocycles. The lowest BCUT2D eigenvalue weighted by Gasteiger charge is -2.10. The summed E-state index contributed by atoms with van der Waals surface area (Å²) in [6.45, 7) is 1.59. The van der Waals surface area contributed by atoms with E-state index in [0.717, 1.165) is 6.07 Å². The third kappa shape index (κ3) is 3.37. The van der Waals surface area contributed by atoms with Crippen LogP contribution in [-0.4, -0.2) is 29.5 Å². The number of hydrogen-bond donors (Lipinski definition) is 2. The van der Waals surface area contributed by atoms with Crippen molar-refractivity contribution in [3.05, 3.63) is 46.5 Å². The van der Waals surface area contributed by atoms with Gasteiger partial charge >= 0.3 is 5.97 Å². The molecule has 2 N–H and O–H groups in total. The summed E-state index contributed by atoms with van der Waals surface area (Å²) in [5.41, 5.74) is 0.546. The Bertz CT molecular complexity index is 794. The monoisotopic (exact) mass is 371 g/mol. The van der Waals surface area contributed by atoms with Crippen molar-refractivity contribution in [3.8, 4) is 0 Å². The molecular formula is C12H10BrN3O4S. The van der Waals surface area contributed by atoms with E-state index in [2.05, 4.69) is 30.6 Å². The zero-order chi connectivity index (χ0) is 15.6. The van der Waals surface area contributed by atoms with Gasteiger partial charge < -0.3 is 5.11 Å². The Morgan fingerprint density at radius 1 is 1.29 bits per heavy atom. The summed E-state index contributed by atoms with van der Waals surface area (Å²) in [6, 6.07) is 2.45. The Hall–Kier alpha value is -2.00. The first-order chi connectivity index (χ1) is 9.81. The zero-order valence-electron chi connectivity index (χ0n) is 10.7. The van der Waals surface area contributed by atoms with Crippen molar-refractivity contribution in [2.24, 2.45) is 0 Å². The lowest BCUT2D eigenvalue weighted by atomic mass is 10.1. The number of nitrogens with one attached hydrogen (secondary N) is 1. The highest BCUT2D eigenvalue weighted by atomic mass is 79.9. The first-order valence-corrected chi connectivity index (χ1v) is 7.90. The lowest BCUT2D eigenvalue weighted by molar-refractivity contribution is 0.0695. The fourth-order valence-electron chi connectivity index (χ4n) is 1.60. The van der Waals surface area contributed by atoms with Crippen molar-refractivity contribution < 1.29 is 18.3 Å². The van der Waals surface area contributed by atoms with Gasteiger partial charge in [-0.25, -0.2) is 23.2 Å². The molecule has 1 aromatic heterocycles. The standard InChI is InChI=1S/C12H10BrN3O4S/c1-7-10(12(17)18)2-9(3-11(7)13)21(19,20)16-8-4-14-6-15-5-8/h2-6,16H,1H3,(H,17,18). The van der Waals surface area contributed by atoms with Gasteiger partial charge in [-0.2, -0.15) is 0 Å². The Morgan fingerprint density at radius 3 is 2.48 bits per heavy atom. The number of rotatable bonds is 4. The minimum atomic E-state index is -3.93. The highest BCUT2D eigenvalue weighted by molar-refractivity contribution is 9.10. The van der Waals surface area contributed by atoms with E-state index >= 15 is 0 Å². The van der Waals surface area contributed by atoms with E-state index in [1.165, 1.54) is 24.8 Å². The van der Waals surface area contributed by atoms with Gasteiger partial charge in [-0.15, -0.1) is 0 Å². The minimum absolute atomic E-state index is 0.0888. The Morgan fingerprint density at radius 2 is 1.90 bits per heavy atom. The quantitative estimate of drug-likeness (QED) is 0.850. The predicted octanol–water partition coefficient (Wildman–Crippen LogP) is 2.05. The highest BCUT2D eigenvalue weighted by Gasteiger charge is 2.20. The second-order valence-corrected chi connectivity index (χ2v) is 6.65. The zero-order valence-corrected chi connectivity index (χ0v) is 13.1. The average Bonchev–Trinajstić information content (AvgIpc) is 2.41. The number of sulfonamides is 1. The van der Waals surface area contributed by atoms with E-state index in [-0.39, 0.29) is 16.1 Å². The van der Waals surface area contributed by atoms with Crippen LogP contribution in [0.5, 0.6) is 0 Å². The van der Waals surface area contributed by atoms with Gasteiger partial charge in [-0.3, -0.25) is 4.72 Å². The van der Waals surface area contributed by atoms with Crippen LogP contribution in [0.4, 0.5) is 5.69 Å². The van der Waals surface area contributed by atoms with Crippen LogP contribution >= 0.6 is 15.9 Å². The summed E-state index contributed by atoms with van der Waals surface area (Å²) < 4.78 is 27.2. The van der Waals surface area contributed by atoms with Gasteiger partial charge in [0.05, 0.1) is 28.5 Å². The van der Waals surface area contributed by atoms with Gasteiger partial charge in [0.25, 0.3) is 10.0 Å². The number of aromatic carboxylic acids is 1. The van der Waals surface area contributed by atoms with Gasteiger partial charge in [-0.05, 0) is 24.6 Å². The summed E-state index contributed by atoms with van der Waals surface area (Å²) in [6.07, 6.45) is 3.86. The van der Waals surface area contributed by atoms with Gasteiger partial charge in [0.15, 0.2) is 0 Å². The predicted molar refractivity (Wildman–Crippen MR) is 78.7 cm³/mol. The fourth-order valence-corrected chi connectivity index (χ4v) is 3.29. The number of benzene rings is 1. The Kier molecular flexibility index (Phi) is 4.24. The van der Waals surface area contributed by atoms with Crippen LogP contribution in [0.1, 0.15) is 15.9 Å². The maximum atomic E-state index is 12.3. The molecule has 0 saturated carbocycles. The first kappa shape index (κ1) is 15.4. The summed E-state index contributed by atoms with van der Waals surface area (Å²) in [5, 5.41) is 9.11. The van der Waals surface area contributed by atoms with Crippen molar-refractivity contribution in [2.45, 2.75) is 11.8 Å². The van der Waals surface area contributed by atoms with Crippen LogP contribution in [-0.2, 0) is 10.0 Å². The number of carbonyl (C=O) groups is 1. The number of anilines is 1. The van der Waals surface area contributed by atoms with Crippen LogP contribution in [0.25, 0.3) is 0 Å². The molecule has 0 amide bonds. The van der Waals surface area contributed by atoms with E-state index in [9.17, 15) is 13.2 Å². The largest absolute Gasteiger partial charge is 0.478 e. The van der Waals surface area contributed by atoms with E-state index in [4.69, 9.17) is 5.11 Å². The molecule has 0 atom stereocenters. The van der Waals surface area contributed by atoms with Gasteiger partial charge in [0, 0.05) is 4.47 Å². The molecule has 0 aliphatic carbocycles. The lowest BCUT2D eigenvalue weighted by Crippen LogP contribution is -2.15. The van der Waals surface area contributed by atoms with Crippen LogP contribution in [0.15, 0.2) is 40.2 Å². The molecule has 9 heteroatoms. The van der Waals surface area contributed by atoms with E-state index in [1.807, 2.05) is 0 Å². The summed E-state index contributed by atoms with van der Waals surface area (Å²) >= 11 is 3.16. The second kappa shape index (κ2) is 5.78. The Balaban J connectivity index is 2.48. The third-order valence-corrected chi connectivity index (χ3v) is 4.86. The molecule has 0 fully saturated rings. The van der Waals surface area contributed by atoms with Crippen molar-refractivity contribution in [1.29, 1.82) is 0 Å². The van der Waals surface area contributed by atoms with Crippen LogP contribution < -0.4 is 4.72 Å². The molecule has 0 spiro atoms. The van der Waals surface area contributed by atoms with E-state index < -0.39 is 16.0 Å². The normalized spacial score (nSPS) is 11.1. The third-order valence-electron chi connectivity index (χ3n) is 2.67. The fraction of sp³-hybridized carbons (Fsp3) is 0.0833. The second-order valence-electron chi connectivity index (χ2n) is 4.12. The summed E-state index contributed by atoms with van der Waals surface area (Å²) in [4.78, 5) is 18.4. The van der Waals surface area contributed by atoms with Gasteiger partial charge in [0.1, 0.15) is 6.33 Å². The van der Waals surface area contributed by atoms with Crippen LogP contribution in [0.3, 0.4) is 0 Å². The van der Waals surface area contributed by atoms with E-state index in [1.54, 1.807) is 6.92 Å². The van der Waals surface area contributed by atoms with Crippen molar-refractivity contribution in [3.63, 3.8) is 0 Å². The number of nitrogens with zero attached hydrogens (tertiary/aromatic N) is 2. The minimum Gasteiger partial charge on any atom is -0.478 e. The molecule has 7 nitrogen and oxygen atoms in total. The number of carboxylic acid groups (broad SMARTS) is 1. The van der Waals surface area contributed by atoms with Crippen molar-refractivity contribution >= 4 is 37.6 Å². The smallest absolute Gasteiger partial charge is 0.336 e. The topological polar surface area (TPSA) is 109 Å². The molecule has 0 unspecified atom stereocenters. The molecule has 21 heavy (non-hydrogen) atoms. The number of halogens is 1. The molecule has 2 aromatic rings. The molecule has 110 valence electrons. The molecule has 0 aliphatic rings. The molecular weight excluding hydrogens is 362 g/mol. The molecule has 1 heterocycles. The summed E-state index contributed by atoms with van der Waals surface area (Å²) in [5.74, 6) is -1.20.